The van der Waals surface area contributed by atoms with Crippen molar-refractivity contribution in [2.24, 2.45) is 0 Å². The van der Waals surface area contributed by atoms with Gasteiger partial charge in [0, 0.05) is 17.6 Å². The Morgan fingerprint density at radius 1 is 1.27 bits per heavy atom. The Bertz CT molecular complexity index is 596. The van der Waals surface area contributed by atoms with Gasteiger partial charge in [-0.25, -0.2) is 4.39 Å². The van der Waals surface area contributed by atoms with Crippen LogP contribution in [0.5, 0.6) is 0 Å². The molecule has 1 atom stereocenters. The summed E-state index contributed by atoms with van der Waals surface area (Å²) in [5.74, 6) is -0.224. The fourth-order valence-corrected chi connectivity index (χ4v) is 2.76. The Kier molecular flexibility index (Phi) is 6.13. The Morgan fingerprint density at radius 3 is 2.77 bits per heavy atom. The molecule has 0 radical (unpaired) electrons. The fourth-order valence-electron chi connectivity index (χ4n) is 2.76. The van der Waals surface area contributed by atoms with E-state index in [9.17, 15) is 4.39 Å². The average molecular weight is 303 g/mol. The molecule has 22 heavy (non-hydrogen) atoms. The van der Waals surface area contributed by atoms with Crippen molar-refractivity contribution in [2.45, 2.75) is 39.7 Å². The summed E-state index contributed by atoms with van der Waals surface area (Å²) in [7, 11) is 0. The molecule has 2 aromatic rings. The zero-order valence-electron chi connectivity index (χ0n) is 13.8. The third-order valence-electron chi connectivity index (χ3n) is 4.08. The molecule has 120 valence electrons. The first-order valence-electron chi connectivity index (χ1n) is 8.17. The Labute approximate surface area is 132 Å². The fraction of sp³-hybridized carbons (Fsp3) is 0.500. The number of pyridine rings is 1. The van der Waals surface area contributed by atoms with E-state index in [-0.39, 0.29) is 5.82 Å². The summed E-state index contributed by atoms with van der Waals surface area (Å²) in [6.07, 6.45) is 3.94. The van der Waals surface area contributed by atoms with Crippen molar-refractivity contribution in [3.05, 3.63) is 36.3 Å². The molecular formula is C18H26FN3. The van der Waals surface area contributed by atoms with Crippen molar-refractivity contribution in [1.29, 1.82) is 0 Å². The largest absolute Gasteiger partial charge is 0.381 e. The maximum atomic E-state index is 13.7. The highest BCUT2D eigenvalue weighted by atomic mass is 19.1. The minimum Gasteiger partial charge on any atom is -0.381 e. The van der Waals surface area contributed by atoms with E-state index >= 15 is 0 Å². The van der Waals surface area contributed by atoms with Gasteiger partial charge in [0.25, 0.3) is 0 Å². The molecule has 0 fully saturated rings. The van der Waals surface area contributed by atoms with E-state index in [1.54, 1.807) is 6.20 Å². The van der Waals surface area contributed by atoms with Crippen molar-refractivity contribution in [3.63, 3.8) is 0 Å². The molecule has 4 heteroatoms. The normalized spacial score (nSPS) is 12.8. The highest BCUT2D eigenvalue weighted by molar-refractivity contribution is 5.90. The summed E-state index contributed by atoms with van der Waals surface area (Å²) in [6, 6.07) is 7.08. The SMILES string of the molecule is CCN(CC)CCC[C@@H](C)Nc1cc(F)cc2cccnc12. The van der Waals surface area contributed by atoms with E-state index in [1.807, 2.05) is 12.1 Å². The van der Waals surface area contributed by atoms with Crippen LogP contribution in [0.4, 0.5) is 10.1 Å². The van der Waals surface area contributed by atoms with Gasteiger partial charge in [-0.3, -0.25) is 4.98 Å². The van der Waals surface area contributed by atoms with Gasteiger partial charge in [-0.15, -0.1) is 0 Å². The van der Waals surface area contributed by atoms with Gasteiger partial charge in [0.15, 0.2) is 0 Å². The van der Waals surface area contributed by atoms with E-state index in [0.717, 1.165) is 49.1 Å². The molecule has 1 aromatic carbocycles. The lowest BCUT2D eigenvalue weighted by Gasteiger charge is -2.20. The zero-order chi connectivity index (χ0) is 15.9. The van der Waals surface area contributed by atoms with E-state index < -0.39 is 0 Å². The zero-order valence-corrected chi connectivity index (χ0v) is 13.8. The van der Waals surface area contributed by atoms with Gasteiger partial charge in [0.1, 0.15) is 5.82 Å². The summed E-state index contributed by atoms with van der Waals surface area (Å²) in [4.78, 5) is 6.80. The van der Waals surface area contributed by atoms with Gasteiger partial charge >= 0.3 is 0 Å². The predicted octanol–water partition coefficient (Wildman–Crippen LogP) is 4.30. The maximum Gasteiger partial charge on any atom is 0.126 e. The molecule has 0 bridgehead atoms. The van der Waals surface area contributed by atoms with Gasteiger partial charge < -0.3 is 10.2 Å². The first kappa shape index (κ1) is 16.7. The van der Waals surface area contributed by atoms with Crippen LogP contribution in [0.15, 0.2) is 30.5 Å². The molecule has 0 unspecified atom stereocenters. The van der Waals surface area contributed by atoms with Crippen LogP contribution in [0, 0.1) is 5.82 Å². The molecule has 1 heterocycles. The number of nitrogens with zero attached hydrogens (tertiary/aromatic N) is 2. The summed E-state index contributed by atoms with van der Waals surface area (Å²) >= 11 is 0. The summed E-state index contributed by atoms with van der Waals surface area (Å²) in [5.41, 5.74) is 1.62. The second kappa shape index (κ2) is 8.08. The van der Waals surface area contributed by atoms with Gasteiger partial charge in [-0.1, -0.05) is 19.9 Å². The monoisotopic (exact) mass is 303 g/mol. The van der Waals surface area contributed by atoms with Crippen molar-refractivity contribution < 1.29 is 4.39 Å². The molecule has 1 N–H and O–H groups in total. The van der Waals surface area contributed by atoms with Crippen LogP contribution in [-0.2, 0) is 0 Å². The lowest BCUT2D eigenvalue weighted by Crippen LogP contribution is -2.25. The van der Waals surface area contributed by atoms with Gasteiger partial charge in [0.2, 0.25) is 0 Å². The standard InChI is InChI=1S/C18H26FN3/c1-4-22(5-2)11-7-8-14(3)21-17-13-16(19)12-15-9-6-10-20-18(15)17/h6,9-10,12-14,21H,4-5,7-8,11H2,1-3H3/t14-/m1/s1. The summed E-state index contributed by atoms with van der Waals surface area (Å²) in [5, 5.41) is 4.25. The first-order valence-corrected chi connectivity index (χ1v) is 8.17. The number of hydrogen-bond donors (Lipinski definition) is 1. The van der Waals surface area contributed by atoms with Crippen molar-refractivity contribution >= 4 is 16.6 Å². The number of fused-ring (bicyclic) bond motifs is 1. The molecule has 3 nitrogen and oxygen atoms in total. The van der Waals surface area contributed by atoms with Crippen molar-refractivity contribution in [3.8, 4) is 0 Å². The van der Waals surface area contributed by atoms with E-state index in [0.29, 0.717) is 6.04 Å². The van der Waals surface area contributed by atoms with E-state index in [4.69, 9.17) is 0 Å². The number of anilines is 1. The predicted molar refractivity (Wildman–Crippen MR) is 91.8 cm³/mol. The first-order chi connectivity index (χ1) is 10.6. The van der Waals surface area contributed by atoms with Gasteiger partial charge in [-0.05, 0) is 57.6 Å². The third kappa shape index (κ3) is 4.41. The van der Waals surface area contributed by atoms with Crippen LogP contribution in [0.1, 0.15) is 33.6 Å². The van der Waals surface area contributed by atoms with Crippen LogP contribution in [0.2, 0.25) is 0 Å². The van der Waals surface area contributed by atoms with Gasteiger partial charge in [0.05, 0.1) is 11.2 Å². The summed E-state index contributed by atoms with van der Waals surface area (Å²) < 4.78 is 13.7. The Balaban J connectivity index is 1.98. The average Bonchev–Trinajstić information content (AvgIpc) is 2.51. The molecule has 0 aliphatic heterocycles. The topological polar surface area (TPSA) is 28.2 Å². The minimum absolute atomic E-state index is 0.224. The number of nitrogens with one attached hydrogen (secondary N) is 1. The maximum absolute atomic E-state index is 13.7. The summed E-state index contributed by atoms with van der Waals surface area (Å²) in [6.45, 7) is 9.82. The number of hydrogen-bond acceptors (Lipinski definition) is 3. The highest BCUT2D eigenvalue weighted by Crippen LogP contribution is 2.24. The van der Waals surface area contributed by atoms with E-state index in [2.05, 4.69) is 36.0 Å². The molecule has 0 aliphatic carbocycles. The number of rotatable bonds is 8. The van der Waals surface area contributed by atoms with Crippen LogP contribution in [0.3, 0.4) is 0 Å². The molecule has 2 rings (SSSR count). The highest BCUT2D eigenvalue weighted by Gasteiger charge is 2.09. The molecule has 1 aromatic heterocycles. The van der Waals surface area contributed by atoms with E-state index in [1.165, 1.54) is 12.1 Å². The molecule has 0 saturated heterocycles. The smallest absolute Gasteiger partial charge is 0.126 e. The van der Waals surface area contributed by atoms with Crippen LogP contribution < -0.4 is 5.32 Å². The Morgan fingerprint density at radius 2 is 2.05 bits per heavy atom. The molecule has 0 spiro atoms. The molecule has 0 amide bonds. The lowest BCUT2D eigenvalue weighted by atomic mass is 10.1. The number of benzene rings is 1. The van der Waals surface area contributed by atoms with Gasteiger partial charge in [-0.2, -0.15) is 0 Å². The second-order valence-electron chi connectivity index (χ2n) is 5.74. The van der Waals surface area contributed by atoms with Crippen LogP contribution >= 0.6 is 0 Å². The number of halogens is 1. The molecular weight excluding hydrogens is 277 g/mol. The quantitative estimate of drug-likeness (QED) is 0.788. The second-order valence-corrected chi connectivity index (χ2v) is 5.74. The van der Waals surface area contributed by atoms with Crippen LogP contribution in [-0.4, -0.2) is 35.6 Å². The van der Waals surface area contributed by atoms with Crippen LogP contribution in [0.25, 0.3) is 10.9 Å². The minimum atomic E-state index is -0.224. The van der Waals surface area contributed by atoms with Crippen molar-refractivity contribution in [1.82, 2.24) is 9.88 Å². The lowest BCUT2D eigenvalue weighted by molar-refractivity contribution is 0.295. The molecule has 0 aliphatic rings. The molecule has 0 saturated carbocycles. The van der Waals surface area contributed by atoms with Crippen molar-refractivity contribution in [2.75, 3.05) is 25.0 Å². The number of aromatic nitrogens is 1. The Hall–Kier alpha value is -1.68. The third-order valence-corrected chi connectivity index (χ3v) is 4.08.